The van der Waals surface area contributed by atoms with Crippen molar-refractivity contribution >= 4 is 17.2 Å². The number of rotatable bonds is 3. The van der Waals surface area contributed by atoms with Gasteiger partial charge in [0.25, 0.3) is 5.56 Å². The average molecular weight is 280 g/mol. The predicted molar refractivity (Wildman–Crippen MR) is 70.5 cm³/mol. The molecule has 2 aromatic heterocycles. The second-order valence-electron chi connectivity index (χ2n) is 3.74. The Labute approximate surface area is 111 Å². The van der Waals surface area contributed by atoms with Crippen LogP contribution >= 0.6 is 12.2 Å². The lowest BCUT2D eigenvalue weighted by molar-refractivity contribution is 0.565. The van der Waals surface area contributed by atoms with Gasteiger partial charge in [-0.2, -0.15) is 4.39 Å². The van der Waals surface area contributed by atoms with E-state index in [1.807, 2.05) is 4.98 Å². The summed E-state index contributed by atoms with van der Waals surface area (Å²) >= 11 is 4.84. The van der Waals surface area contributed by atoms with Gasteiger partial charge in [-0.05, 0) is 6.07 Å². The number of H-pyrrole nitrogens is 1. The number of nitrogens with two attached hydrogens (primary N) is 1. The summed E-state index contributed by atoms with van der Waals surface area (Å²) in [6, 6.07) is 3.31. The Hall–Kier alpha value is -2.35. The van der Waals surface area contributed by atoms with Gasteiger partial charge in [0.05, 0.1) is 12.7 Å². The first-order valence-corrected chi connectivity index (χ1v) is 5.63. The van der Waals surface area contributed by atoms with Crippen molar-refractivity contribution < 1.29 is 4.39 Å². The maximum Gasteiger partial charge on any atom is 0.328 e. The summed E-state index contributed by atoms with van der Waals surface area (Å²) in [4.78, 5) is 28.4. The zero-order valence-electron chi connectivity index (χ0n) is 9.59. The first-order chi connectivity index (χ1) is 8.99. The van der Waals surface area contributed by atoms with Crippen LogP contribution in [0.4, 0.5) is 4.39 Å². The fourth-order valence-corrected chi connectivity index (χ4v) is 1.76. The molecule has 0 unspecified atom stereocenters. The molecule has 0 aliphatic rings. The van der Waals surface area contributed by atoms with Gasteiger partial charge in [-0.3, -0.25) is 19.3 Å². The molecule has 0 atom stereocenters. The summed E-state index contributed by atoms with van der Waals surface area (Å²) in [6.45, 7) is 0.00699. The highest BCUT2D eigenvalue weighted by atomic mass is 32.1. The molecular weight excluding hydrogens is 271 g/mol. The normalized spacial score (nSPS) is 10.4. The van der Waals surface area contributed by atoms with Crippen LogP contribution < -0.4 is 17.0 Å². The van der Waals surface area contributed by atoms with Gasteiger partial charge in [0.15, 0.2) is 0 Å². The van der Waals surface area contributed by atoms with E-state index in [0.29, 0.717) is 11.3 Å². The molecule has 0 amide bonds. The molecule has 0 spiro atoms. The van der Waals surface area contributed by atoms with Crippen molar-refractivity contribution in [2.24, 2.45) is 5.73 Å². The summed E-state index contributed by atoms with van der Waals surface area (Å²) in [7, 11) is 0. The molecule has 8 heteroatoms. The second kappa shape index (κ2) is 5.11. The fraction of sp³-hybridized carbons (Fsp3) is 0.0909. The van der Waals surface area contributed by atoms with Gasteiger partial charge >= 0.3 is 5.69 Å². The van der Waals surface area contributed by atoms with Crippen LogP contribution in [-0.4, -0.2) is 19.5 Å². The van der Waals surface area contributed by atoms with Crippen LogP contribution in [-0.2, 0) is 6.54 Å². The monoisotopic (exact) mass is 280 g/mol. The summed E-state index contributed by atoms with van der Waals surface area (Å²) in [5.41, 5.74) is 4.65. The minimum Gasteiger partial charge on any atom is -0.388 e. The van der Waals surface area contributed by atoms with E-state index in [1.165, 1.54) is 6.20 Å². The van der Waals surface area contributed by atoms with Gasteiger partial charge in [0, 0.05) is 11.8 Å². The maximum absolute atomic E-state index is 13.2. The molecule has 19 heavy (non-hydrogen) atoms. The van der Waals surface area contributed by atoms with Crippen molar-refractivity contribution in [2.45, 2.75) is 6.54 Å². The minimum atomic E-state index is -1.05. The Bertz CT molecular complexity index is 753. The van der Waals surface area contributed by atoms with Crippen LogP contribution in [0.5, 0.6) is 0 Å². The van der Waals surface area contributed by atoms with Gasteiger partial charge in [-0.15, -0.1) is 0 Å². The lowest BCUT2D eigenvalue weighted by atomic mass is 10.2. The van der Waals surface area contributed by atoms with E-state index in [1.54, 1.807) is 12.1 Å². The lowest BCUT2D eigenvalue weighted by Crippen LogP contribution is -2.32. The van der Waals surface area contributed by atoms with Gasteiger partial charge in [-0.1, -0.05) is 18.3 Å². The maximum atomic E-state index is 13.2. The third kappa shape index (κ3) is 2.74. The van der Waals surface area contributed by atoms with Gasteiger partial charge in [-0.25, -0.2) is 4.79 Å². The Morgan fingerprint density at radius 2 is 2.26 bits per heavy atom. The van der Waals surface area contributed by atoms with E-state index in [4.69, 9.17) is 18.0 Å². The number of nitrogens with one attached hydrogen (secondary N) is 1. The number of hydrogen-bond donors (Lipinski definition) is 2. The Balaban J connectivity index is 2.48. The molecule has 0 saturated carbocycles. The van der Waals surface area contributed by atoms with Crippen LogP contribution in [0.15, 0.2) is 34.1 Å². The molecule has 98 valence electrons. The molecule has 0 aliphatic heterocycles. The quantitative estimate of drug-likeness (QED) is 0.756. The number of halogens is 1. The summed E-state index contributed by atoms with van der Waals surface area (Å²) in [5, 5.41) is 0. The van der Waals surface area contributed by atoms with Crippen molar-refractivity contribution in [2.75, 3.05) is 0 Å². The van der Waals surface area contributed by atoms with E-state index in [9.17, 15) is 14.0 Å². The predicted octanol–water partition coefficient (Wildman–Crippen LogP) is -0.247. The van der Waals surface area contributed by atoms with Gasteiger partial charge in [0.2, 0.25) is 5.82 Å². The molecule has 0 saturated heterocycles. The Morgan fingerprint density at radius 3 is 2.95 bits per heavy atom. The highest BCUT2D eigenvalue weighted by molar-refractivity contribution is 7.80. The van der Waals surface area contributed by atoms with Crippen molar-refractivity contribution in [3.05, 3.63) is 62.4 Å². The second-order valence-corrected chi connectivity index (χ2v) is 4.18. The highest BCUT2D eigenvalue weighted by Crippen LogP contribution is 2.06. The number of nitrogens with zero attached hydrogens (tertiary/aromatic N) is 2. The average Bonchev–Trinajstić information content (AvgIpc) is 2.36. The number of aromatic nitrogens is 3. The standard InChI is InChI=1S/C11H9FN4O2S/c12-7-5-16(11(18)15-10(7)17)4-6-2-1-3-14-8(6)9(13)19/h1-3,5H,4H2,(H2,13,19)(H,15,17,18). The molecular formula is C11H9FN4O2S. The smallest absolute Gasteiger partial charge is 0.328 e. The van der Waals surface area contributed by atoms with Crippen LogP contribution in [0.3, 0.4) is 0 Å². The number of hydrogen-bond acceptors (Lipinski definition) is 4. The van der Waals surface area contributed by atoms with E-state index < -0.39 is 17.1 Å². The van der Waals surface area contributed by atoms with Crippen LogP contribution in [0.25, 0.3) is 0 Å². The summed E-state index contributed by atoms with van der Waals surface area (Å²) in [6.07, 6.45) is 2.34. The number of pyridine rings is 1. The number of thiocarbonyl (C=S) groups is 1. The molecule has 0 radical (unpaired) electrons. The summed E-state index contributed by atoms with van der Waals surface area (Å²) < 4.78 is 14.2. The largest absolute Gasteiger partial charge is 0.388 e. The molecule has 6 nitrogen and oxygen atoms in total. The molecule has 2 aromatic rings. The zero-order valence-corrected chi connectivity index (χ0v) is 10.4. The van der Waals surface area contributed by atoms with E-state index in [2.05, 4.69) is 4.98 Å². The molecule has 0 aromatic carbocycles. The third-order valence-corrected chi connectivity index (χ3v) is 2.63. The molecule has 3 N–H and O–H groups in total. The van der Waals surface area contributed by atoms with Crippen LogP contribution in [0.1, 0.15) is 11.3 Å². The van der Waals surface area contributed by atoms with Crippen molar-refractivity contribution in [3.63, 3.8) is 0 Å². The van der Waals surface area contributed by atoms with Crippen molar-refractivity contribution in [3.8, 4) is 0 Å². The SMILES string of the molecule is NC(=S)c1ncccc1Cn1cc(F)c(=O)[nH]c1=O. The van der Waals surface area contributed by atoms with E-state index in [0.717, 1.165) is 10.8 Å². The fourth-order valence-electron chi connectivity index (χ4n) is 1.57. The van der Waals surface area contributed by atoms with Gasteiger partial charge < -0.3 is 5.73 Å². The Kier molecular flexibility index (Phi) is 3.52. The number of aromatic amines is 1. The van der Waals surface area contributed by atoms with Crippen molar-refractivity contribution in [1.82, 2.24) is 14.5 Å². The molecule has 2 rings (SSSR count). The van der Waals surface area contributed by atoms with Crippen LogP contribution in [0.2, 0.25) is 0 Å². The van der Waals surface area contributed by atoms with Crippen molar-refractivity contribution in [1.29, 1.82) is 0 Å². The first-order valence-electron chi connectivity index (χ1n) is 5.22. The topological polar surface area (TPSA) is 93.8 Å². The van der Waals surface area contributed by atoms with E-state index >= 15 is 0 Å². The summed E-state index contributed by atoms with van der Waals surface area (Å²) in [5.74, 6) is -1.04. The van der Waals surface area contributed by atoms with Gasteiger partial charge in [0.1, 0.15) is 10.7 Å². The lowest BCUT2D eigenvalue weighted by Gasteiger charge is -2.08. The molecule has 0 aliphatic carbocycles. The third-order valence-electron chi connectivity index (χ3n) is 2.43. The molecule has 0 fully saturated rings. The van der Waals surface area contributed by atoms with E-state index in [-0.39, 0.29) is 11.5 Å². The van der Waals surface area contributed by atoms with Crippen LogP contribution in [0, 0.1) is 5.82 Å². The zero-order chi connectivity index (χ0) is 14.0. The first kappa shape index (κ1) is 13.1. The molecule has 2 heterocycles. The minimum absolute atomic E-state index is 0.00699. The molecule has 0 bridgehead atoms. The Morgan fingerprint density at radius 1 is 1.53 bits per heavy atom. The highest BCUT2D eigenvalue weighted by Gasteiger charge is 2.09.